The molecule has 0 atom stereocenters. The maximum atomic E-state index is 12.2. The van der Waals surface area contributed by atoms with Crippen LogP contribution in [0, 0.1) is 10.1 Å². The number of hydrogen-bond acceptors (Lipinski definition) is 8. The van der Waals surface area contributed by atoms with E-state index in [1.165, 1.54) is 0 Å². The summed E-state index contributed by atoms with van der Waals surface area (Å²) in [6.45, 7) is -1.06. The topological polar surface area (TPSA) is 153 Å². The fraction of sp³-hybridized carbons (Fsp3) is 0.250. The van der Waals surface area contributed by atoms with E-state index in [1.54, 1.807) is 0 Å². The van der Waals surface area contributed by atoms with Crippen molar-refractivity contribution >= 4 is 43.9 Å². The van der Waals surface area contributed by atoms with Gasteiger partial charge in [0.1, 0.15) is 4.21 Å². The Hall–Kier alpha value is -2.05. The summed E-state index contributed by atoms with van der Waals surface area (Å²) in [5.74, 6) is -1.52. The molecule has 3 N–H and O–H groups in total. The summed E-state index contributed by atoms with van der Waals surface area (Å²) in [6.07, 6.45) is 0. The number of nitrogen functional groups attached to an aromatic ring is 1. The highest BCUT2D eigenvalue weighted by Gasteiger charge is 2.35. The van der Waals surface area contributed by atoms with Gasteiger partial charge in [-0.05, 0) is 0 Å². The largest absolute Gasteiger partial charge is 0.385 e. The molecule has 1 aromatic rings. The van der Waals surface area contributed by atoms with Gasteiger partial charge in [-0.15, -0.1) is 0 Å². The van der Waals surface area contributed by atoms with Crippen LogP contribution in [0.5, 0.6) is 0 Å². The van der Waals surface area contributed by atoms with E-state index in [9.17, 15) is 28.1 Å². The number of anilines is 1. The lowest BCUT2D eigenvalue weighted by molar-refractivity contribution is -0.383. The highest BCUT2D eigenvalue weighted by Crippen LogP contribution is 2.35. The highest BCUT2D eigenvalue weighted by molar-refractivity contribution is 7.91. The number of rotatable bonds is 3. The van der Waals surface area contributed by atoms with Gasteiger partial charge < -0.3 is 5.73 Å². The van der Waals surface area contributed by atoms with Crippen molar-refractivity contribution in [2.45, 2.75) is 4.21 Å². The molecule has 20 heavy (non-hydrogen) atoms. The number of sulfonamides is 1. The van der Waals surface area contributed by atoms with E-state index in [2.05, 4.69) is 0 Å². The van der Waals surface area contributed by atoms with Crippen LogP contribution in [-0.2, 0) is 19.6 Å². The number of thiophene rings is 1. The molecule has 10 nitrogen and oxygen atoms in total. The van der Waals surface area contributed by atoms with E-state index < -0.39 is 45.5 Å². The first kappa shape index (κ1) is 14.4. The molecule has 1 aromatic heterocycles. The van der Waals surface area contributed by atoms with Crippen molar-refractivity contribution in [2.24, 2.45) is 0 Å². The first-order valence-corrected chi connectivity index (χ1v) is 7.34. The molecule has 1 aliphatic heterocycles. The molecule has 0 spiro atoms. The van der Waals surface area contributed by atoms with Crippen molar-refractivity contribution in [3.05, 3.63) is 16.2 Å². The Morgan fingerprint density at radius 1 is 1.35 bits per heavy atom. The van der Waals surface area contributed by atoms with Gasteiger partial charge in [-0.2, -0.15) is 4.31 Å². The van der Waals surface area contributed by atoms with E-state index >= 15 is 0 Å². The predicted octanol–water partition coefficient (Wildman–Crippen LogP) is -1.11. The standard InChI is InChI=1S/C8H8N4O6S2/c9-8-4(12(15)16)1-7(19-8)20(17,18)11-2-5(13)10-6(14)3-11/h1H,2-3,9H2,(H,10,13,14). The zero-order valence-corrected chi connectivity index (χ0v) is 11.4. The third kappa shape index (κ3) is 2.48. The van der Waals surface area contributed by atoms with Crippen LogP contribution >= 0.6 is 11.3 Å². The van der Waals surface area contributed by atoms with Crippen molar-refractivity contribution < 1.29 is 22.9 Å². The molecule has 1 aliphatic rings. The Labute approximate surface area is 116 Å². The minimum atomic E-state index is -4.18. The quantitative estimate of drug-likeness (QED) is 0.406. The molecule has 1 fully saturated rings. The summed E-state index contributed by atoms with van der Waals surface area (Å²) in [7, 11) is -4.18. The number of nitrogens with two attached hydrogens (primary N) is 1. The summed E-state index contributed by atoms with van der Waals surface area (Å²) >= 11 is 0.509. The van der Waals surface area contributed by atoms with Crippen LogP contribution in [0.4, 0.5) is 10.7 Å². The monoisotopic (exact) mass is 320 g/mol. The molecule has 2 heterocycles. The first-order valence-electron chi connectivity index (χ1n) is 5.08. The number of amides is 2. The zero-order chi connectivity index (χ0) is 15.1. The molecule has 0 aromatic carbocycles. The van der Waals surface area contributed by atoms with Gasteiger partial charge in [0.25, 0.3) is 10.0 Å². The Morgan fingerprint density at radius 2 is 1.90 bits per heavy atom. The van der Waals surface area contributed by atoms with E-state index in [0.29, 0.717) is 15.6 Å². The lowest BCUT2D eigenvalue weighted by Crippen LogP contribution is -2.53. The average molecular weight is 320 g/mol. The van der Waals surface area contributed by atoms with Crippen LogP contribution in [0.25, 0.3) is 0 Å². The molecule has 0 saturated carbocycles. The van der Waals surface area contributed by atoms with Crippen LogP contribution in [0.3, 0.4) is 0 Å². The maximum Gasteiger partial charge on any atom is 0.304 e. The average Bonchev–Trinajstić information content (AvgIpc) is 2.70. The van der Waals surface area contributed by atoms with E-state index in [-0.39, 0.29) is 9.21 Å². The van der Waals surface area contributed by atoms with E-state index in [1.807, 2.05) is 5.32 Å². The maximum absolute atomic E-state index is 12.2. The van der Waals surface area contributed by atoms with Crippen molar-refractivity contribution in [3.63, 3.8) is 0 Å². The summed E-state index contributed by atoms with van der Waals surface area (Å²) in [6, 6.07) is 0.812. The minimum Gasteiger partial charge on any atom is -0.385 e. The zero-order valence-electron chi connectivity index (χ0n) is 9.73. The number of piperazine rings is 1. The third-order valence-corrected chi connectivity index (χ3v) is 5.62. The van der Waals surface area contributed by atoms with Crippen LogP contribution in [0.2, 0.25) is 0 Å². The normalized spacial score (nSPS) is 17.0. The summed E-state index contributed by atoms with van der Waals surface area (Å²) in [4.78, 5) is 32.2. The summed E-state index contributed by atoms with van der Waals surface area (Å²) in [5, 5.41) is 12.3. The van der Waals surface area contributed by atoms with Crippen molar-refractivity contribution in [2.75, 3.05) is 18.8 Å². The van der Waals surface area contributed by atoms with Crippen LogP contribution in [0.15, 0.2) is 10.3 Å². The van der Waals surface area contributed by atoms with Crippen LogP contribution in [0.1, 0.15) is 0 Å². The van der Waals surface area contributed by atoms with E-state index in [0.717, 1.165) is 6.07 Å². The van der Waals surface area contributed by atoms with Crippen LogP contribution in [-0.4, -0.2) is 42.6 Å². The second kappa shape index (κ2) is 4.81. The van der Waals surface area contributed by atoms with Crippen LogP contribution < -0.4 is 11.1 Å². The SMILES string of the molecule is Nc1sc(S(=O)(=O)N2CC(=O)NC(=O)C2)cc1[N+](=O)[O-]. The molecular formula is C8H8N4O6S2. The molecule has 1 saturated heterocycles. The van der Waals surface area contributed by atoms with Crippen molar-refractivity contribution in [3.8, 4) is 0 Å². The number of carbonyl (C=O) groups excluding carboxylic acids is 2. The smallest absolute Gasteiger partial charge is 0.304 e. The van der Waals surface area contributed by atoms with E-state index in [4.69, 9.17) is 5.73 Å². The number of nitrogens with zero attached hydrogens (tertiary/aromatic N) is 2. The molecule has 12 heteroatoms. The van der Waals surface area contributed by atoms with Gasteiger partial charge >= 0.3 is 5.69 Å². The van der Waals surface area contributed by atoms with Gasteiger partial charge in [0.05, 0.1) is 18.0 Å². The van der Waals surface area contributed by atoms with Crippen molar-refractivity contribution in [1.82, 2.24) is 9.62 Å². The second-order valence-corrected chi connectivity index (χ2v) is 7.07. The molecule has 108 valence electrons. The Morgan fingerprint density at radius 3 is 2.35 bits per heavy atom. The van der Waals surface area contributed by atoms with Gasteiger partial charge in [0.2, 0.25) is 11.8 Å². The molecule has 2 rings (SSSR count). The van der Waals surface area contributed by atoms with Gasteiger partial charge in [-0.25, -0.2) is 8.42 Å². The van der Waals surface area contributed by atoms with Gasteiger partial charge in [0.15, 0.2) is 5.00 Å². The number of nitrogens with one attached hydrogen (secondary N) is 1. The first-order chi connectivity index (χ1) is 9.21. The lowest BCUT2D eigenvalue weighted by atomic mass is 10.4. The third-order valence-electron chi connectivity index (χ3n) is 2.43. The minimum absolute atomic E-state index is 0.263. The Balaban J connectivity index is 2.40. The highest BCUT2D eigenvalue weighted by atomic mass is 32.2. The van der Waals surface area contributed by atoms with Gasteiger partial charge in [-0.3, -0.25) is 25.0 Å². The number of imide groups is 1. The molecule has 0 aliphatic carbocycles. The lowest BCUT2D eigenvalue weighted by Gasteiger charge is -2.23. The number of nitro groups is 1. The van der Waals surface area contributed by atoms with Crippen molar-refractivity contribution in [1.29, 1.82) is 0 Å². The molecule has 0 radical (unpaired) electrons. The Bertz CT molecular complexity index is 693. The molecule has 0 bridgehead atoms. The predicted molar refractivity (Wildman–Crippen MR) is 67.3 cm³/mol. The molecular weight excluding hydrogens is 312 g/mol. The van der Waals surface area contributed by atoms with Gasteiger partial charge in [-0.1, -0.05) is 11.3 Å². The molecule has 0 unspecified atom stereocenters. The fourth-order valence-electron chi connectivity index (χ4n) is 1.55. The number of hydrogen-bond donors (Lipinski definition) is 2. The summed E-state index contributed by atoms with van der Waals surface area (Å²) < 4.78 is 24.6. The van der Waals surface area contributed by atoms with Gasteiger partial charge in [0, 0.05) is 6.07 Å². The molecule has 2 amide bonds. The Kier molecular flexibility index (Phi) is 3.45. The fourth-order valence-corrected chi connectivity index (χ4v) is 4.27. The number of carbonyl (C=O) groups is 2. The summed E-state index contributed by atoms with van der Waals surface area (Å²) in [5.41, 5.74) is 4.84. The second-order valence-electron chi connectivity index (χ2n) is 3.82.